The number of hydrogen-bond acceptors (Lipinski definition) is 2. The summed E-state index contributed by atoms with van der Waals surface area (Å²) in [4.78, 5) is 0. The Balaban J connectivity index is 0.00000144. The standard InChI is InChI=1S/C10H15NO.ClH/c1-7-5-4-6-9(12-3)10(7)8(2)11;/h4-6,8H,11H2,1-3H3;1H. The molecule has 0 aliphatic carbocycles. The first-order chi connectivity index (χ1) is 5.66. The van der Waals surface area contributed by atoms with Crippen molar-refractivity contribution in [3.05, 3.63) is 29.3 Å². The van der Waals surface area contributed by atoms with Crippen molar-refractivity contribution in [2.24, 2.45) is 5.73 Å². The first-order valence-electron chi connectivity index (χ1n) is 4.06. The predicted octanol–water partition coefficient (Wildman–Crippen LogP) is 2.45. The molecule has 2 nitrogen and oxygen atoms in total. The third kappa shape index (κ3) is 2.61. The lowest BCUT2D eigenvalue weighted by atomic mass is 10.0. The third-order valence-corrected chi connectivity index (χ3v) is 1.96. The van der Waals surface area contributed by atoms with Crippen LogP contribution in [-0.2, 0) is 0 Å². The second-order valence-electron chi connectivity index (χ2n) is 2.98. The van der Waals surface area contributed by atoms with Crippen LogP contribution in [-0.4, -0.2) is 7.11 Å². The van der Waals surface area contributed by atoms with Crippen LogP contribution in [0.5, 0.6) is 5.75 Å². The van der Waals surface area contributed by atoms with Crippen molar-refractivity contribution in [2.45, 2.75) is 19.9 Å². The van der Waals surface area contributed by atoms with Crippen molar-refractivity contribution in [3.63, 3.8) is 0 Å². The molecule has 0 heterocycles. The van der Waals surface area contributed by atoms with Gasteiger partial charge in [-0.2, -0.15) is 0 Å². The van der Waals surface area contributed by atoms with Crippen molar-refractivity contribution in [2.75, 3.05) is 7.11 Å². The van der Waals surface area contributed by atoms with Gasteiger partial charge in [-0.05, 0) is 25.5 Å². The zero-order chi connectivity index (χ0) is 9.14. The van der Waals surface area contributed by atoms with Crippen LogP contribution in [0.15, 0.2) is 18.2 Å². The van der Waals surface area contributed by atoms with Crippen molar-refractivity contribution in [1.29, 1.82) is 0 Å². The van der Waals surface area contributed by atoms with E-state index in [-0.39, 0.29) is 18.4 Å². The van der Waals surface area contributed by atoms with Crippen LogP contribution >= 0.6 is 12.4 Å². The number of ether oxygens (including phenoxy) is 1. The molecule has 2 N–H and O–H groups in total. The highest BCUT2D eigenvalue weighted by Crippen LogP contribution is 2.26. The molecule has 0 radical (unpaired) electrons. The van der Waals surface area contributed by atoms with Gasteiger partial charge >= 0.3 is 0 Å². The Labute approximate surface area is 85.5 Å². The van der Waals surface area contributed by atoms with Crippen molar-refractivity contribution < 1.29 is 4.74 Å². The fourth-order valence-electron chi connectivity index (χ4n) is 1.42. The molecule has 0 bridgehead atoms. The highest BCUT2D eigenvalue weighted by Gasteiger charge is 2.08. The van der Waals surface area contributed by atoms with Gasteiger partial charge in [0.1, 0.15) is 5.75 Å². The van der Waals surface area contributed by atoms with E-state index in [1.807, 2.05) is 32.0 Å². The summed E-state index contributed by atoms with van der Waals surface area (Å²) in [6.07, 6.45) is 0. The fraction of sp³-hybridized carbons (Fsp3) is 0.400. The smallest absolute Gasteiger partial charge is 0.123 e. The van der Waals surface area contributed by atoms with Gasteiger partial charge in [0.2, 0.25) is 0 Å². The molecule has 1 aromatic rings. The van der Waals surface area contributed by atoms with E-state index in [4.69, 9.17) is 10.5 Å². The van der Waals surface area contributed by atoms with Crippen LogP contribution < -0.4 is 10.5 Å². The van der Waals surface area contributed by atoms with E-state index in [9.17, 15) is 0 Å². The van der Waals surface area contributed by atoms with E-state index in [0.717, 1.165) is 11.3 Å². The van der Waals surface area contributed by atoms with E-state index in [1.54, 1.807) is 7.11 Å². The van der Waals surface area contributed by atoms with Crippen LogP contribution in [0.25, 0.3) is 0 Å². The van der Waals surface area contributed by atoms with Crippen molar-refractivity contribution in [1.82, 2.24) is 0 Å². The molecule has 1 atom stereocenters. The first-order valence-corrected chi connectivity index (χ1v) is 4.06. The van der Waals surface area contributed by atoms with Gasteiger partial charge in [0.25, 0.3) is 0 Å². The van der Waals surface area contributed by atoms with E-state index in [2.05, 4.69) is 0 Å². The summed E-state index contributed by atoms with van der Waals surface area (Å²) in [6, 6.07) is 5.98. The Morgan fingerprint density at radius 2 is 2.00 bits per heavy atom. The van der Waals surface area contributed by atoms with Crippen LogP contribution in [0.1, 0.15) is 24.1 Å². The minimum Gasteiger partial charge on any atom is -0.496 e. The second kappa shape index (κ2) is 5.10. The average Bonchev–Trinajstić information content (AvgIpc) is 2.03. The first kappa shape index (κ1) is 12.3. The van der Waals surface area contributed by atoms with E-state index >= 15 is 0 Å². The summed E-state index contributed by atoms with van der Waals surface area (Å²) in [5, 5.41) is 0. The fourth-order valence-corrected chi connectivity index (χ4v) is 1.42. The molecular weight excluding hydrogens is 186 g/mol. The molecule has 1 unspecified atom stereocenters. The second-order valence-corrected chi connectivity index (χ2v) is 2.98. The van der Waals surface area contributed by atoms with E-state index in [0.29, 0.717) is 0 Å². The van der Waals surface area contributed by atoms with Gasteiger partial charge in [0.15, 0.2) is 0 Å². The third-order valence-electron chi connectivity index (χ3n) is 1.96. The maximum Gasteiger partial charge on any atom is 0.123 e. The number of rotatable bonds is 2. The SMILES string of the molecule is COc1cccc(C)c1C(C)N.Cl. The van der Waals surface area contributed by atoms with Crippen LogP contribution in [0.4, 0.5) is 0 Å². The molecule has 0 amide bonds. The van der Waals surface area contributed by atoms with Crippen molar-refractivity contribution in [3.8, 4) is 5.75 Å². The maximum atomic E-state index is 5.81. The highest BCUT2D eigenvalue weighted by atomic mass is 35.5. The lowest BCUT2D eigenvalue weighted by molar-refractivity contribution is 0.406. The number of benzene rings is 1. The Morgan fingerprint density at radius 3 is 2.38 bits per heavy atom. The number of methoxy groups -OCH3 is 1. The van der Waals surface area contributed by atoms with Gasteiger partial charge < -0.3 is 10.5 Å². The van der Waals surface area contributed by atoms with E-state index in [1.165, 1.54) is 5.56 Å². The summed E-state index contributed by atoms with van der Waals surface area (Å²) in [5.74, 6) is 0.880. The molecule has 3 heteroatoms. The number of aryl methyl sites for hydroxylation is 1. The zero-order valence-electron chi connectivity index (χ0n) is 8.20. The number of nitrogens with two attached hydrogens (primary N) is 1. The molecule has 0 spiro atoms. The van der Waals surface area contributed by atoms with Crippen molar-refractivity contribution >= 4 is 12.4 Å². The largest absolute Gasteiger partial charge is 0.496 e. The Bertz CT molecular complexity index is 274. The molecule has 0 aliphatic heterocycles. The minimum atomic E-state index is 0. The summed E-state index contributed by atoms with van der Waals surface area (Å²) >= 11 is 0. The minimum absolute atomic E-state index is 0. The molecule has 13 heavy (non-hydrogen) atoms. The van der Waals surface area contributed by atoms with Gasteiger partial charge in [0.05, 0.1) is 7.11 Å². The van der Waals surface area contributed by atoms with E-state index < -0.39 is 0 Å². The molecule has 0 fully saturated rings. The normalized spacial score (nSPS) is 11.7. The highest BCUT2D eigenvalue weighted by molar-refractivity contribution is 5.85. The summed E-state index contributed by atoms with van der Waals surface area (Å²) in [5.41, 5.74) is 8.09. The predicted molar refractivity (Wildman–Crippen MR) is 57.6 cm³/mol. The summed E-state index contributed by atoms with van der Waals surface area (Å²) in [7, 11) is 1.67. The van der Waals surface area contributed by atoms with Crippen LogP contribution in [0.2, 0.25) is 0 Å². The van der Waals surface area contributed by atoms with Gasteiger partial charge in [-0.1, -0.05) is 12.1 Å². The molecule has 1 aromatic carbocycles. The zero-order valence-corrected chi connectivity index (χ0v) is 9.02. The average molecular weight is 202 g/mol. The maximum absolute atomic E-state index is 5.81. The molecule has 0 saturated heterocycles. The lowest BCUT2D eigenvalue weighted by Gasteiger charge is -2.13. The number of halogens is 1. The quantitative estimate of drug-likeness (QED) is 0.798. The van der Waals surface area contributed by atoms with Crippen LogP contribution in [0.3, 0.4) is 0 Å². The summed E-state index contributed by atoms with van der Waals surface area (Å²) < 4.78 is 5.21. The molecule has 1 rings (SSSR count). The number of hydrogen-bond donors (Lipinski definition) is 1. The molecule has 0 saturated carbocycles. The summed E-state index contributed by atoms with van der Waals surface area (Å²) in [6.45, 7) is 4.01. The molecule has 0 aliphatic rings. The van der Waals surface area contributed by atoms with Gasteiger partial charge in [-0.3, -0.25) is 0 Å². The van der Waals surface area contributed by atoms with Gasteiger partial charge in [-0.15, -0.1) is 12.4 Å². The van der Waals surface area contributed by atoms with Crippen LogP contribution in [0, 0.1) is 6.92 Å². The monoisotopic (exact) mass is 201 g/mol. The molecule has 0 aromatic heterocycles. The van der Waals surface area contributed by atoms with Gasteiger partial charge in [-0.25, -0.2) is 0 Å². The molecule has 74 valence electrons. The Morgan fingerprint density at radius 1 is 1.38 bits per heavy atom. The van der Waals surface area contributed by atoms with Gasteiger partial charge in [0, 0.05) is 11.6 Å². The Hall–Kier alpha value is -0.730. The lowest BCUT2D eigenvalue weighted by Crippen LogP contribution is -2.08. The topological polar surface area (TPSA) is 35.2 Å². The Kier molecular flexibility index (Phi) is 4.81. The molecular formula is C10H16ClNO.